The number of fused-ring (bicyclic) bond motifs is 1. The van der Waals surface area contributed by atoms with E-state index in [1.54, 1.807) is 6.07 Å². The summed E-state index contributed by atoms with van der Waals surface area (Å²) in [6.07, 6.45) is 1.73. The fourth-order valence-corrected chi connectivity index (χ4v) is 1.79. The number of hydrogen-bond acceptors (Lipinski definition) is 1. The maximum absolute atomic E-state index is 13.0. The lowest BCUT2D eigenvalue weighted by atomic mass is 10.2. The Hall–Kier alpha value is -0.510. The quantitative estimate of drug-likeness (QED) is 0.672. The molecule has 0 spiro atoms. The molecule has 0 bridgehead atoms. The van der Waals surface area contributed by atoms with Crippen LogP contribution in [0.1, 0.15) is 17.7 Å². The number of rotatable bonds is 0. The first kappa shape index (κ1) is 8.10. The summed E-state index contributed by atoms with van der Waals surface area (Å²) in [5, 5.41) is 0. The molecule has 1 aliphatic carbocycles. The van der Waals surface area contributed by atoms with Gasteiger partial charge in [0.15, 0.2) is 0 Å². The van der Waals surface area contributed by atoms with E-state index in [0.717, 1.165) is 4.47 Å². The van der Waals surface area contributed by atoms with E-state index in [1.165, 1.54) is 6.20 Å². The Morgan fingerprint density at radius 2 is 2.25 bits per heavy atom. The maximum atomic E-state index is 13.0. The van der Waals surface area contributed by atoms with Crippen molar-refractivity contribution in [2.45, 2.75) is 18.8 Å². The fourth-order valence-electron chi connectivity index (χ4n) is 1.41. The highest BCUT2D eigenvalue weighted by atomic mass is 79.9. The van der Waals surface area contributed by atoms with Crippen LogP contribution in [0.5, 0.6) is 0 Å². The second-order valence-electron chi connectivity index (χ2n) is 2.87. The molecular formula is C8H6BrF2N. The molecular weight excluding hydrogens is 228 g/mol. The third kappa shape index (κ3) is 1.14. The Bertz CT molecular complexity index is 325. The molecule has 0 atom stereocenters. The molecule has 1 heterocycles. The summed E-state index contributed by atoms with van der Waals surface area (Å²) in [5.74, 6) is -2.71. The van der Waals surface area contributed by atoms with Crippen LogP contribution in [-0.2, 0) is 12.3 Å². The number of nitrogens with zero attached hydrogens (tertiary/aromatic N) is 1. The molecule has 0 radical (unpaired) electrons. The third-order valence-corrected chi connectivity index (χ3v) is 2.42. The average molecular weight is 234 g/mol. The Labute approximate surface area is 76.9 Å². The molecule has 0 saturated heterocycles. The van der Waals surface area contributed by atoms with Crippen LogP contribution >= 0.6 is 15.9 Å². The molecule has 64 valence electrons. The van der Waals surface area contributed by atoms with Gasteiger partial charge in [-0.3, -0.25) is 4.98 Å². The highest BCUT2D eigenvalue weighted by molar-refractivity contribution is 9.10. The number of hydrogen-bond donors (Lipinski definition) is 0. The predicted octanol–water partition coefficient (Wildman–Crippen LogP) is 2.88. The minimum Gasteiger partial charge on any atom is -0.254 e. The van der Waals surface area contributed by atoms with Gasteiger partial charge in [-0.05, 0) is 34.0 Å². The van der Waals surface area contributed by atoms with Gasteiger partial charge < -0.3 is 0 Å². The van der Waals surface area contributed by atoms with E-state index in [4.69, 9.17) is 0 Å². The first-order valence-electron chi connectivity index (χ1n) is 3.62. The molecule has 0 N–H and O–H groups in total. The molecule has 2 rings (SSSR count). The molecule has 1 aromatic rings. The Morgan fingerprint density at radius 3 is 3.00 bits per heavy atom. The van der Waals surface area contributed by atoms with Crippen molar-refractivity contribution in [3.63, 3.8) is 0 Å². The van der Waals surface area contributed by atoms with Gasteiger partial charge in [0.1, 0.15) is 5.69 Å². The van der Waals surface area contributed by atoms with Crippen LogP contribution in [0.2, 0.25) is 0 Å². The van der Waals surface area contributed by atoms with Gasteiger partial charge in [-0.15, -0.1) is 0 Å². The van der Waals surface area contributed by atoms with Crippen molar-refractivity contribution in [3.05, 3.63) is 28.0 Å². The van der Waals surface area contributed by atoms with Gasteiger partial charge in [-0.2, -0.15) is 8.78 Å². The number of alkyl halides is 2. The molecule has 0 saturated carbocycles. The second-order valence-corrected chi connectivity index (χ2v) is 3.78. The number of aromatic nitrogens is 1. The summed E-state index contributed by atoms with van der Waals surface area (Å²) in [6.45, 7) is 0. The third-order valence-electron chi connectivity index (χ3n) is 1.99. The highest BCUT2D eigenvalue weighted by Crippen LogP contribution is 2.40. The van der Waals surface area contributed by atoms with E-state index >= 15 is 0 Å². The topological polar surface area (TPSA) is 12.9 Å². The zero-order chi connectivity index (χ0) is 8.77. The number of pyridine rings is 1. The largest absolute Gasteiger partial charge is 0.290 e. The van der Waals surface area contributed by atoms with Crippen molar-refractivity contribution in [2.75, 3.05) is 0 Å². The zero-order valence-electron chi connectivity index (χ0n) is 6.15. The maximum Gasteiger partial charge on any atom is 0.290 e. The van der Waals surface area contributed by atoms with Gasteiger partial charge >= 0.3 is 0 Å². The van der Waals surface area contributed by atoms with Gasteiger partial charge in [0.05, 0.1) is 0 Å². The lowest BCUT2D eigenvalue weighted by Crippen LogP contribution is -2.09. The van der Waals surface area contributed by atoms with Gasteiger partial charge in [-0.1, -0.05) is 0 Å². The van der Waals surface area contributed by atoms with Crippen molar-refractivity contribution in [1.29, 1.82) is 0 Å². The number of aryl methyl sites for hydroxylation is 1. The molecule has 1 nitrogen and oxygen atoms in total. The Morgan fingerprint density at radius 1 is 1.50 bits per heavy atom. The van der Waals surface area contributed by atoms with Crippen LogP contribution in [-0.4, -0.2) is 4.98 Å². The SMILES string of the molecule is FC1(F)CCc2cc(Br)cnc21. The molecule has 0 amide bonds. The average Bonchev–Trinajstić information content (AvgIpc) is 2.27. The lowest BCUT2D eigenvalue weighted by Gasteiger charge is -2.07. The van der Waals surface area contributed by atoms with E-state index in [0.29, 0.717) is 12.0 Å². The summed E-state index contributed by atoms with van der Waals surface area (Å²) in [7, 11) is 0. The van der Waals surface area contributed by atoms with E-state index < -0.39 is 5.92 Å². The van der Waals surface area contributed by atoms with Crippen molar-refractivity contribution in [2.24, 2.45) is 0 Å². The smallest absolute Gasteiger partial charge is 0.254 e. The zero-order valence-corrected chi connectivity index (χ0v) is 7.74. The van der Waals surface area contributed by atoms with Crippen molar-refractivity contribution >= 4 is 15.9 Å². The highest BCUT2D eigenvalue weighted by Gasteiger charge is 2.40. The van der Waals surface area contributed by atoms with Crippen LogP contribution < -0.4 is 0 Å². The van der Waals surface area contributed by atoms with Gasteiger partial charge in [0, 0.05) is 17.1 Å². The molecule has 0 fully saturated rings. The first-order chi connectivity index (χ1) is 5.59. The molecule has 0 unspecified atom stereocenters. The van der Waals surface area contributed by atoms with E-state index in [1.807, 2.05) is 0 Å². The second kappa shape index (κ2) is 2.49. The van der Waals surface area contributed by atoms with Crippen LogP contribution in [0.4, 0.5) is 8.78 Å². The van der Waals surface area contributed by atoms with E-state index in [9.17, 15) is 8.78 Å². The minimum absolute atomic E-state index is 0.0503. The molecule has 0 aliphatic heterocycles. The predicted molar refractivity (Wildman–Crippen MR) is 44.2 cm³/mol. The summed E-state index contributed by atoms with van der Waals surface area (Å²) < 4.78 is 26.7. The van der Waals surface area contributed by atoms with Crippen molar-refractivity contribution < 1.29 is 8.78 Å². The molecule has 12 heavy (non-hydrogen) atoms. The Balaban J connectivity index is 2.55. The fraction of sp³-hybridized carbons (Fsp3) is 0.375. The monoisotopic (exact) mass is 233 g/mol. The summed E-state index contributed by atoms with van der Waals surface area (Å²) >= 11 is 3.20. The van der Waals surface area contributed by atoms with Crippen LogP contribution in [0, 0.1) is 0 Å². The molecule has 1 aromatic heterocycles. The van der Waals surface area contributed by atoms with Gasteiger partial charge in [-0.25, -0.2) is 0 Å². The molecule has 4 heteroatoms. The summed E-state index contributed by atoms with van der Waals surface area (Å²) in [5.41, 5.74) is 0.611. The summed E-state index contributed by atoms with van der Waals surface area (Å²) in [6, 6.07) is 1.71. The van der Waals surface area contributed by atoms with Gasteiger partial charge in [0.25, 0.3) is 5.92 Å². The van der Waals surface area contributed by atoms with Crippen LogP contribution in [0.3, 0.4) is 0 Å². The number of halogens is 3. The van der Waals surface area contributed by atoms with Gasteiger partial charge in [0.2, 0.25) is 0 Å². The van der Waals surface area contributed by atoms with Crippen molar-refractivity contribution in [3.8, 4) is 0 Å². The minimum atomic E-state index is -2.71. The summed E-state index contributed by atoms with van der Waals surface area (Å²) in [4.78, 5) is 3.71. The normalized spacial score (nSPS) is 19.2. The lowest BCUT2D eigenvalue weighted by molar-refractivity contribution is -0.00593. The van der Waals surface area contributed by atoms with Crippen LogP contribution in [0.15, 0.2) is 16.7 Å². The Kier molecular flexibility index (Phi) is 1.68. The van der Waals surface area contributed by atoms with Crippen molar-refractivity contribution in [1.82, 2.24) is 4.98 Å². The first-order valence-corrected chi connectivity index (χ1v) is 4.41. The standard InChI is InChI=1S/C8H6BrF2N/c9-6-3-5-1-2-8(10,11)7(5)12-4-6/h3-4H,1-2H2. The molecule has 1 aliphatic rings. The molecule has 0 aromatic carbocycles. The van der Waals surface area contributed by atoms with E-state index in [-0.39, 0.29) is 12.1 Å². The van der Waals surface area contributed by atoms with E-state index in [2.05, 4.69) is 20.9 Å². The van der Waals surface area contributed by atoms with Crippen LogP contribution in [0.25, 0.3) is 0 Å².